The lowest BCUT2D eigenvalue weighted by Gasteiger charge is -2.14. The summed E-state index contributed by atoms with van der Waals surface area (Å²) in [6, 6.07) is 0. The standard InChI is InChI=1S/C11H15F2N3O3/c1-6-8(7(2)16-10(19)15-6)3-9(18)14-4-11(12,13)5-17/h17H,3-5H2,1-2H3,(H,14,18)(H,15,16,19). The van der Waals surface area contributed by atoms with E-state index in [2.05, 4.69) is 9.97 Å². The molecule has 0 aromatic carbocycles. The van der Waals surface area contributed by atoms with Gasteiger partial charge in [-0.3, -0.25) is 4.79 Å². The summed E-state index contributed by atoms with van der Waals surface area (Å²) in [5.74, 6) is -3.98. The minimum atomic E-state index is -3.34. The van der Waals surface area contributed by atoms with Gasteiger partial charge in [-0.05, 0) is 13.8 Å². The first-order valence-corrected chi connectivity index (χ1v) is 5.57. The van der Waals surface area contributed by atoms with E-state index >= 15 is 0 Å². The van der Waals surface area contributed by atoms with Crippen molar-refractivity contribution >= 4 is 5.91 Å². The van der Waals surface area contributed by atoms with Gasteiger partial charge in [0.05, 0.1) is 13.0 Å². The molecular formula is C11H15F2N3O3. The highest BCUT2D eigenvalue weighted by atomic mass is 19.3. The number of carbonyl (C=O) groups excluding carboxylic acids is 1. The van der Waals surface area contributed by atoms with Crippen molar-refractivity contribution in [3.63, 3.8) is 0 Å². The van der Waals surface area contributed by atoms with Crippen LogP contribution in [0.25, 0.3) is 0 Å². The quantitative estimate of drug-likeness (QED) is 0.686. The number of aromatic amines is 1. The SMILES string of the molecule is Cc1nc(=O)[nH]c(C)c1CC(=O)NCC(F)(F)CO. The first kappa shape index (κ1) is 15.2. The number of alkyl halides is 2. The lowest BCUT2D eigenvalue weighted by atomic mass is 10.1. The zero-order chi connectivity index (χ0) is 14.6. The Labute approximate surface area is 107 Å². The molecule has 0 unspecified atom stereocenters. The fraction of sp³-hybridized carbons (Fsp3) is 0.545. The van der Waals surface area contributed by atoms with E-state index in [0.29, 0.717) is 17.0 Å². The number of halogens is 2. The van der Waals surface area contributed by atoms with Gasteiger partial charge >= 0.3 is 5.69 Å². The Hall–Kier alpha value is -1.83. The highest BCUT2D eigenvalue weighted by Gasteiger charge is 2.28. The Morgan fingerprint density at radius 1 is 1.47 bits per heavy atom. The highest BCUT2D eigenvalue weighted by molar-refractivity contribution is 5.79. The van der Waals surface area contributed by atoms with E-state index in [4.69, 9.17) is 5.11 Å². The molecule has 0 aliphatic carbocycles. The molecule has 1 heterocycles. The summed E-state index contributed by atoms with van der Waals surface area (Å²) in [5.41, 5.74) is 0.822. The van der Waals surface area contributed by atoms with Gasteiger partial charge < -0.3 is 15.4 Å². The summed E-state index contributed by atoms with van der Waals surface area (Å²) in [5, 5.41) is 10.4. The number of nitrogens with one attached hydrogen (secondary N) is 2. The van der Waals surface area contributed by atoms with Crippen LogP contribution in [0.1, 0.15) is 17.0 Å². The first-order valence-electron chi connectivity index (χ1n) is 5.57. The molecule has 1 aromatic rings. The molecule has 1 rings (SSSR count). The van der Waals surface area contributed by atoms with Crippen LogP contribution in [0.4, 0.5) is 8.78 Å². The smallest absolute Gasteiger partial charge is 0.345 e. The fourth-order valence-electron chi connectivity index (χ4n) is 1.52. The summed E-state index contributed by atoms with van der Waals surface area (Å²) in [6.07, 6.45) is -0.164. The average Bonchev–Trinajstić information content (AvgIpc) is 2.31. The van der Waals surface area contributed by atoms with Crippen LogP contribution in [0, 0.1) is 13.8 Å². The van der Waals surface area contributed by atoms with Gasteiger partial charge in [-0.1, -0.05) is 0 Å². The summed E-state index contributed by atoms with van der Waals surface area (Å²) in [7, 11) is 0. The molecule has 0 saturated carbocycles. The number of aryl methyl sites for hydroxylation is 2. The van der Waals surface area contributed by atoms with Crippen molar-refractivity contribution in [2.45, 2.75) is 26.2 Å². The van der Waals surface area contributed by atoms with E-state index < -0.39 is 30.7 Å². The lowest BCUT2D eigenvalue weighted by molar-refractivity contribution is -0.123. The molecule has 0 radical (unpaired) electrons. The van der Waals surface area contributed by atoms with Crippen LogP contribution >= 0.6 is 0 Å². The van der Waals surface area contributed by atoms with Gasteiger partial charge in [0.15, 0.2) is 0 Å². The van der Waals surface area contributed by atoms with Crippen LogP contribution in [0.2, 0.25) is 0 Å². The van der Waals surface area contributed by atoms with Crippen LogP contribution < -0.4 is 11.0 Å². The number of H-pyrrole nitrogens is 1. The first-order chi connectivity index (χ1) is 8.75. The van der Waals surface area contributed by atoms with Crippen LogP contribution in [0.3, 0.4) is 0 Å². The summed E-state index contributed by atoms with van der Waals surface area (Å²) in [6.45, 7) is 0.900. The molecule has 0 atom stereocenters. The number of nitrogens with zero attached hydrogens (tertiary/aromatic N) is 1. The Morgan fingerprint density at radius 3 is 2.63 bits per heavy atom. The van der Waals surface area contributed by atoms with Crippen molar-refractivity contribution in [1.82, 2.24) is 15.3 Å². The normalized spacial score (nSPS) is 11.4. The van der Waals surface area contributed by atoms with E-state index in [1.54, 1.807) is 13.8 Å². The minimum absolute atomic E-state index is 0.164. The largest absolute Gasteiger partial charge is 0.390 e. The number of aliphatic hydroxyl groups is 1. The molecular weight excluding hydrogens is 260 g/mol. The topological polar surface area (TPSA) is 95.1 Å². The summed E-state index contributed by atoms with van der Waals surface area (Å²) < 4.78 is 25.5. The van der Waals surface area contributed by atoms with Crippen molar-refractivity contribution < 1.29 is 18.7 Å². The van der Waals surface area contributed by atoms with Crippen molar-refractivity contribution in [1.29, 1.82) is 0 Å². The lowest BCUT2D eigenvalue weighted by Crippen LogP contribution is -2.39. The Morgan fingerprint density at radius 2 is 2.11 bits per heavy atom. The van der Waals surface area contributed by atoms with Gasteiger partial charge in [0.1, 0.15) is 6.61 Å². The molecule has 0 fully saturated rings. The molecule has 1 aromatic heterocycles. The second-order valence-corrected chi connectivity index (χ2v) is 4.20. The molecule has 0 aliphatic rings. The maximum atomic E-state index is 12.7. The van der Waals surface area contributed by atoms with Crippen LogP contribution in [-0.2, 0) is 11.2 Å². The average molecular weight is 275 g/mol. The number of hydrogen-bond acceptors (Lipinski definition) is 4. The van der Waals surface area contributed by atoms with E-state index in [0.717, 1.165) is 0 Å². The predicted molar refractivity (Wildman–Crippen MR) is 63.1 cm³/mol. The zero-order valence-electron chi connectivity index (χ0n) is 10.6. The highest BCUT2D eigenvalue weighted by Crippen LogP contribution is 2.11. The van der Waals surface area contributed by atoms with E-state index in [1.807, 2.05) is 5.32 Å². The minimum Gasteiger partial charge on any atom is -0.390 e. The van der Waals surface area contributed by atoms with E-state index in [1.165, 1.54) is 0 Å². The fourth-order valence-corrected chi connectivity index (χ4v) is 1.52. The molecule has 0 bridgehead atoms. The second kappa shape index (κ2) is 5.87. The second-order valence-electron chi connectivity index (χ2n) is 4.20. The van der Waals surface area contributed by atoms with Crippen LogP contribution in [0.15, 0.2) is 4.79 Å². The third kappa shape index (κ3) is 4.40. The molecule has 0 spiro atoms. The van der Waals surface area contributed by atoms with Crippen molar-refractivity contribution in [3.05, 3.63) is 27.4 Å². The third-order valence-corrected chi connectivity index (χ3v) is 2.57. The number of aromatic nitrogens is 2. The van der Waals surface area contributed by atoms with Gasteiger partial charge in [0.2, 0.25) is 5.91 Å². The zero-order valence-corrected chi connectivity index (χ0v) is 10.6. The molecule has 1 amide bonds. The molecule has 8 heteroatoms. The van der Waals surface area contributed by atoms with Crippen molar-refractivity contribution in [3.8, 4) is 0 Å². The number of amides is 1. The van der Waals surface area contributed by atoms with Gasteiger partial charge in [0.25, 0.3) is 5.92 Å². The number of hydrogen-bond donors (Lipinski definition) is 3. The molecule has 6 nitrogen and oxygen atoms in total. The van der Waals surface area contributed by atoms with Gasteiger partial charge in [-0.2, -0.15) is 4.98 Å². The van der Waals surface area contributed by atoms with Crippen molar-refractivity contribution in [2.75, 3.05) is 13.2 Å². The Bertz CT molecular complexity index is 502. The van der Waals surface area contributed by atoms with Crippen molar-refractivity contribution in [2.24, 2.45) is 0 Å². The summed E-state index contributed by atoms with van der Waals surface area (Å²) >= 11 is 0. The Kier molecular flexibility index (Phi) is 4.71. The number of aliphatic hydroxyl groups excluding tert-OH is 1. The Balaban J connectivity index is 2.71. The molecule has 19 heavy (non-hydrogen) atoms. The van der Waals surface area contributed by atoms with Gasteiger partial charge in [0, 0.05) is 17.0 Å². The third-order valence-electron chi connectivity index (χ3n) is 2.57. The molecule has 3 N–H and O–H groups in total. The van der Waals surface area contributed by atoms with Crippen LogP contribution in [0.5, 0.6) is 0 Å². The predicted octanol–water partition coefficient (Wildman–Crippen LogP) is -0.327. The van der Waals surface area contributed by atoms with Crippen LogP contribution in [-0.4, -0.2) is 40.1 Å². The maximum Gasteiger partial charge on any atom is 0.345 e. The van der Waals surface area contributed by atoms with E-state index in [-0.39, 0.29) is 6.42 Å². The van der Waals surface area contributed by atoms with Gasteiger partial charge in [-0.25, -0.2) is 13.6 Å². The molecule has 0 aliphatic heterocycles. The summed E-state index contributed by atoms with van der Waals surface area (Å²) in [4.78, 5) is 28.6. The molecule has 106 valence electrons. The van der Waals surface area contributed by atoms with Gasteiger partial charge in [-0.15, -0.1) is 0 Å². The number of carbonyl (C=O) groups is 1. The number of rotatable bonds is 5. The monoisotopic (exact) mass is 275 g/mol. The molecule has 0 saturated heterocycles. The van der Waals surface area contributed by atoms with E-state index in [9.17, 15) is 18.4 Å². The maximum absolute atomic E-state index is 12.7.